The zero-order valence-electron chi connectivity index (χ0n) is 11.8. The highest BCUT2D eigenvalue weighted by Gasteiger charge is 2.25. The van der Waals surface area contributed by atoms with E-state index in [1.807, 2.05) is 29.2 Å². The molecule has 0 aromatic heterocycles. The van der Waals surface area contributed by atoms with Gasteiger partial charge >= 0.3 is 5.97 Å². The fourth-order valence-corrected chi connectivity index (χ4v) is 2.96. The van der Waals surface area contributed by atoms with Crippen LogP contribution in [0.15, 0.2) is 24.3 Å². The van der Waals surface area contributed by atoms with Crippen LogP contribution in [0.1, 0.15) is 19.8 Å². The van der Waals surface area contributed by atoms with E-state index in [2.05, 4.69) is 11.8 Å². The molecule has 0 radical (unpaired) electrons. The second-order valence-corrected chi connectivity index (χ2v) is 5.60. The molecule has 4 nitrogen and oxygen atoms in total. The molecule has 0 bridgehead atoms. The summed E-state index contributed by atoms with van der Waals surface area (Å²) < 4.78 is 0. The monoisotopic (exact) mass is 296 g/mol. The van der Waals surface area contributed by atoms with Gasteiger partial charge in [-0.3, -0.25) is 4.79 Å². The summed E-state index contributed by atoms with van der Waals surface area (Å²) in [6.45, 7) is 5.29. The number of rotatable bonds is 5. The summed E-state index contributed by atoms with van der Waals surface area (Å²) in [6.07, 6.45) is 1.99. The molecule has 2 rings (SSSR count). The lowest BCUT2D eigenvalue weighted by molar-refractivity contribution is -0.135. The maximum atomic E-state index is 11.1. The van der Waals surface area contributed by atoms with E-state index < -0.39 is 5.97 Å². The Hall–Kier alpha value is -1.26. The van der Waals surface area contributed by atoms with E-state index in [1.165, 1.54) is 0 Å². The van der Waals surface area contributed by atoms with Crippen molar-refractivity contribution in [3.8, 4) is 0 Å². The van der Waals surface area contributed by atoms with Gasteiger partial charge in [0.2, 0.25) is 0 Å². The van der Waals surface area contributed by atoms with E-state index in [9.17, 15) is 4.79 Å². The van der Waals surface area contributed by atoms with Gasteiger partial charge in [-0.2, -0.15) is 0 Å². The third-order valence-corrected chi connectivity index (χ3v) is 4.13. The van der Waals surface area contributed by atoms with Crippen LogP contribution in [-0.4, -0.2) is 48.2 Å². The van der Waals surface area contributed by atoms with Crippen LogP contribution in [-0.2, 0) is 4.79 Å². The van der Waals surface area contributed by atoms with E-state index in [-0.39, 0.29) is 12.6 Å². The Morgan fingerprint density at radius 1 is 1.45 bits per heavy atom. The fourth-order valence-electron chi connectivity index (χ4n) is 2.78. The Kier molecular flexibility index (Phi) is 5.26. The zero-order chi connectivity index (χ0) is 14.5. The summed E-state index contributed by atoms with van der Waals surface area (Å²) in [5, 5.41) is 9.80. The minimum atomic E-state index is -0.803. The highest BCUT2D eigenvalue weighted by atomic mass is 35.5. The number of halogens is 1. The van der Waals surface area contributed by atoms with Crippen molar-refractivity contribution in [3.63, 3.8) is 0 Å². The summed E-state index contributed by atoms with van der Waals surface area (Å²) in [5.41, 5.74) is 0.898. The van der Waals surface area contributed by atoms with Crippen LogP contribution in [0.3, 0.4) is 0 Å². The van der Waals surface area contributed by atoms with Crippen LogP contribution in [0.25, 0.3) is 0 Å². The number of hydrogen-bond acceptors (Lipinski definition) is 3. The van der Waals surface area contributed by atoms with Crippen molar-refractivity contribution >= 4 is 23.3 Å². The Morgan fingerprint density at radius 3 is 2.70 bits per heavy atom. The van der Waals surface area contributed by atoms with Crippen LogP contribution in [0.2, 0.25) is 5.02 Å². The molecule has 1 saturated heterocycles. The minimum Gasteiger partial charge on any atom is -0.480 e. The van der Waals surface area contributed by atoms with Gasteiger partial charge in [0, 0.05) is 29.8 Å². The molecule has 1 aliphatic rings. The first-order chi connectivity index (χ1) is 9.60. The van der Waals surface area contributed by atoms with Crippen molar-refractivity contribution in [2.24, 2.45) is 0 Å². The lowest BCUT2D eigenvalue weighted by Crippen LogP contribution is -2.46. The third-order valence-electron chi connectivity index (χ3n) is 3.89. The van der Waals surface area contributed by atoms with Gasteiger partial charge in [-0.05, 0) is 37.6 Å². The predicted octanol–water partition coefficient (Wildman–Crippen LogP) is 2.72. The van der Waals surface area contributed by atoms with Gasteiger partial charge in [-0.1, -0.05) is 24.6 Å². The van der Waals surface area contributed by atoms with Gasteiger partial charge in [0.05, 0.1) is 0 Å². The van der Waals surface area contributed by atoms with Crippen molar-refractivity contribution < 1.29 is 9.90 Å². The summed E-state index contributed by atoms with van der Waals surface area (Å²) in [7, 11) is 0. The smallest absolute Gasteiger partial charge is 0.323 e. The highest BCUT2D eigenvalue weighted by molar-refractivity contribution is 6.30. The molecule has 0 spiro atoms. The number of carboxylic acid groups (broad SMARTS) is 1. The first-order valence-electron chi connectivity index (χ1n) is 7.06. The van der Waals surface area contributed by atoms with Crippen LogP contribution in [0.4, 0.5) is 5.69 Å². The lowest BCUT2D eigenvalue weighted by Gasteiger charge is -2.38. The second kappa shape index (κ2) is 6.95. The molecule has 5 heteroatoms. The molecule has 20 heavy (non-hydrogen) atoms. The predicted molar refractivity (Wildman–Crippen MR) is 81.6 cm³/mol. The molecule has 1 heterocycles. The first kappa shape index (κ1) is 15.1. The quantitative estimate of drug-likeness (QED) is 0.907. The number of aliphatic carboxylic acids is 1. The lowest BCUT2D eigenvalue weighted by atomic mass is 10.0. The maximum absolute atomic E-state index is 11.1. The number of benzene rings is 1. The number of hydrogen-bond donors (Lipinski definition) is 1. The SMILES string of the molecule is CCN1CCC(N(CC(=O)O)c2cccc(Cl)c2)CC1. The molecule has 1 aliphatic heterocycles. The largest absolute Gasteiger partial charge is 0.480 e. The molecule has 0 atom stereocenters. The van der Waals surface area contributed by atoms with Crippen LogP contribution in [0, 0.1) is 0 Å². The van der Waals surface area contributed by atoms with Crippen molar-refractivity contribution in [1.29, 1.82) is 0 Å². The van der Waals surface area contributed by atoms with E-state index in [0.717, 1.165) is 38.2 Å². The maximum Gasteiger partial charge on any atom is 0.323 e. The third kappa shape index (κ3) is 3.87. The van der Waals surface area contributed by atoms with Gasteiger partial charge in [-0.25, -0.2) is 0 Å². The van der Waals surface area contributed by atoms with Crippen LogP contribution in [0.5, 0.6) is 0 Å². The summed E-state index contributed by atoms with van der Waals surface area (Å²) in [4.78, 5) is 15.5. The first-order valence-corrected chi connectivity index (χ1v) is 7.44. The molecule has 0 amide bonds. The van der Waals surface area contributed by atoms with E-state index in [1.54, 1.807) is 0 Å². The number of piperidine rings is 1. The summed E-state index contributed by atoms with van der Waals surface area (Å²) >= 11 is 6.03. The molecule has 0 saturated carbocycles. The van der Waals surface area contributed by atoms with E-state index in [0.29, 0.717) is 5.02 Å². The molecule has 1 N–H and O–H groups in total. The van der Waals surface area contributed by atoms with Crippen molar-refractivity contribution in [3.05, 3.63) is 29.3 Å². The number of anilines is 1. The Labute approximate surface area is 124 Å². The van der Waals surface area contributed by atoms with Gasteiger partial charge in [0.1, 0.15) is 6.54 Å². The Morgan fingerprint density at radius 2 is 2.15 bits per heavy atom. The standard InChI is InChI=1S/C15H21ClN2O2/c1-2-17-8-6-13(7-9-17)18(11-15(19)20)14-5-3-4-12(16)10-14/h3-5,10,13H,2,6-9,11H2,1H3,(H,19,20). The molecule has 0 unspecified atom stereocenters. The molecule has 1 aromatic carbocycles. The van der Waals surface area contributed by atoms with Crippen molar-refractivity contribution in [2.75, 3.05) is 31.1 Å². The van der Waals surface area contributed by atoms with Gasteiger partial charge in [0.25, 0.3) is 0 Å². The number of nitrogens with zero attached hydrogens (tertiary/aromatic N) is 2. The second-order valence-electron chi connectivity index (χ2n) is 5.17. The minimum absolute atomic E-state index is 0.0249. The van der Waals surface area contributed by atoms with Gasteiger partial charge in [-0.15, -0.1) is 0 Å². The molecular formula is C15H21ClN2O2. The van der Waals surface area contributed by atoms with E-state index in [4.69, 9.17) is 16.7 Å². The van der Waals surface area contributed by atoms with Crippen molar-refractivity contribution in [2.45, 2.75) is 25.8 Å². The average molecular weight is 297 g/mol. The molecule has 1 aromatic rings. The number of carboxylic acids is 1. The van der Waals surface area contributed by atoms with Crippen molar-refractivity contribution in [1.82, 2.24) is 4.90 Å². The topological polar surface area (TPSA) is 43.8 Å². The number of carbonyl (C=O) groups is 1. The highest BCUT2D eigenvalue weighted by Crippen LogP contribution is 2.25. The normalized spacial score (nSPS) is 17.1. The fraction of sp³-hybridized carbons (Fsp3) is 0.533. The zero-order valence-corrected chi connectivity index (χ0v) is 12.5. The number of likely N-dealkylation sites (tertiary alicyclic amines) is 1. The van der Waals surface area contributed by atoms with E-state index >= 15 is 0 Å². The average Bonchev–Trinajstić information content (AvgIpc) is 2.45. The molecular weight excluding hydrogens is 276 g/mol. The summed E-state index contributed by atoms with van der Waals surface area (Å²) in [5.74, 6) is -0.803. The van der Waals surface area contributed by atoms with Crippen LogP contribution >= 0.6 is 11.6 Å². The summed E-state index contributed by atoms with van der Waals surface area (Å²) in [6, 6.07) is 7.72. The molecule has 1 fully saturated rings. The van der Waals surface area contributed by atoms with Gasteiger partial charge < -0.3 is 14.9 Å². The van der Waals surface area contributed by atoms with Crippen LogP contribution < -0.4 is 4.90 Å². The molecule has 110 valence electrons. The molecule has 0 aliphatic carbocycles. The Balaban J connectivity index is 2.14. The Bertz CT molecular complexity index is 459. The van der Waals surface area contributed by atoms with Gasteiger partial charge in [0.15, 0.2) is 0 Å².